The van der Waals surface area contributed by atoms with Crippen LogP contribution in [0.1, 0.15) is 0 Å². The van der Waals surface area contributed by atoms with Crippen LogP contribution in [-0.2, 0) is 0 Å². The van der Waals surface area contributed by atoms with E-state index in [-0.39, 0.29) is 0 Å². The molecule has 282 valence electrons. The third kappa shape index (κ3) is 6.44. The summed E-state index contributed by atoms with van der Waals surface area (Å²) in [6.45, 7) is 0. The molecule has 0 amide bonds. The van der Waals surface area contributed by atoms with E-state index in [2.05, 4.69) is 0 Å². The first kappa shape index (κ1) is 37.0. The summed E-state index contributed by atoms with van der Waals surface area (Å²) >= 11 is 0. The predicted molar refractivity (Wildman–Crippen MR) is 202 cm³/mol. The Balaban J connectivity index is 1.74. The lowest BCUT2D eigenvalue weighted by atomic mass is 10.1. The Morgan fingerprint density at radius 3 is 1.30 bits per heavy atom. The third-order valence-electron chi connectivity index (χ3n) is 8.71. The van der Waals surface area contributed by atoms with Crippen molar-refractivity contribution in [1.29, 1.82) is 0 Å². The van der Waals surface area contributed by atoms with Gasteiger partial charge in [-0.05, 0) is 36.4 Å². The van der Waals surface area contributed by atoms with Crippen molar-refractivity contribution in [3.8, 4) is 74.6 Å². The monoisotopic (exact) mass is 739 g/mol. The second-order valence-corrected chi connectivity index (χ2v) is 11.4. The topological polar surface area (TPSA) is 139 Å². The zero-order chi connectivity index (χ0) is 38.5. The first-order valence-electron chi connectivity index (χ1n) is 16.4. The molecule has 0 fully saturated rings. The number of hydrogen-bond donors (Lipinski definition) is 0. The largest absolute Gasteiger partial charge is 0.497 e. The first-order chi connectivity index (χ1) is 26.3. The van der Waals surface area contributed by atoms with E-state index in [1.807, 2.05) is 45.9 Å². The van der Waals surface area contributed by atoms with Crippen LogP contribution in [0.3, 0.4) is 0 Å². The van der Waals surface area contributed by atoms with Crippen molar-refractivity contribution in [1.82, 2.24) is 19.5 Å². The molecule has 0 bridgehead atoms. The maximum absolute atomic E-state index is 5.78. The molecule has 2 heterocycles. The minimum Gasteiger partial charge on any atom is -0.497 e. The lowest BCUT2D eigenvalue weighted by molar-refractivity contribution is 0.324. The molecule has 0 aliphatic rings. The van der Waals surface area contributed by atoms with Gasteiger partial charge in [0.1, 0.15) is 17.9 Å². The van der Waals surface area contributed by atoms with E-state index >= 15 is 0 Å². The van der Waals surface area contributed by atoms with Crippen LogP contribution < -0.4 is 52.3 Å². The van der Waals surface area contributed by atoms with Crippen LogP contribution in [-0.4, -0.2) is 90.6 Å². The minimum atomic E-state index is 0.393. The summed E-state index contributed by atoms with van der Waals surface area (Å²) in [5.41, 5.74) is 3.47. The zero-order valence-electron chi connectivity index (χ0n) is 31.7. The van der Waals surface area contributed by atoms with Crippen LogP contribution >= 0.6 is 0 Å². The van der Waals surface area contributed by atoms with E-state index in [4.69, 9.17) is 62.3 Å². The van der Waals surface area contributed by atoms with Gasteiger partial charge in [0.25, 0.3) is 0 Å². The van der Waals surface area contributed by atoms with E-state index in [9.17, 15) is 0 Å². The number of benzene rings is 4. The Morgan fingerprint density at radius 2 is 0.907 bits per heavy atom. The molecule has 6 rings (SSSR count). The van der Waals surface area contributed by atoms with Crippen molar-refractivity contribution in [2.24, 2.45) is 0 Å². The van der Waals surface area contributed by atoms with Crippen LogP contribution in [0.15, 0.2) is 67.0 Å². The molecule has 0 N–H and O–H groups in total. The summed E-state index contributed by atoms with van der Waals surface area (Å²) in [4.78, 5) is 16.8. The highest BCUT2D eigenvalue weighted by molar-refractivity contribution is 5.95. The van der Waals surface area contributed by atoms with E-state index in [0.29, 0.717) is 97.2 Å². The summed E-state index contributed by atoms with van der Waals surface area (Å²) in [6.07, 6.45) is 1.47. The Bertz CT molecular complexity index is 2140. The van der Waals surface area contributed by atoms with Gasteiger partial charge in [0.15, 0.2) is 51.5 Å². The molecular formula is C39H41N5O10. The van der Waals surface area contributed by atoms with Crippen molar-refractivity contribution >= 4 is 28.4 Å². The van der Waals surface area contributed by atoms with Gasteiger partial charge in [-0.25, -0.2) is 15.0 Å². The molecule has 15 heteroatoms. The number of nitrogens with zero attached hydrogens (tertiary/aromatic N) is 5. The maximum Gasteiger partial charge on any atom is 0.203 e. The molecule has 0 unspecified atom stereocenters. The molecule has 0 saturated carbocycles. The van der Waals surface area contributed by atoms with Crippen LogP contribution in [0, 0.1) is 0 Å². The smallest absolute Gasteiger partial charge is 0.203 e. The minimum absolute atomic E-state index is 0.393. The highest BCUT2D eigenvalue weighted by atomic mass is 16.5. The van der Waals surface area contributed by atoms with Gasteiger partial charge < -0.3 is 47.4 Å². The fourth-order valence-electron chi connectivity index (χ4n) is 6.21. The van der Waals surface area contributed by atoms with Crippen molar-refractivity contribution in [2.45, 2.75) is 0 Å². The summed E-state index contributed by atoms with van der Waals surface area (Å²) in [6, 6.07) is 18.4. The van der Waals surface area contributed by atoms with E-state index < -0.39 is 0 Å². The van der Waals surface area contributed by atoms with Crippen molar-refractivity contribution < 1.29 is 47.4 Å². The predicted octanol–water partition coefficient (Wildman–Crippen LogP) is 7.04. The van der Waals surface area contributed by atoms with Crippen molar-refractivity contribution in [3.05, 3.63) is 67.0 Å². The molecule has 0 atom stereocenters. The molecule has 0 aliphatic carbocycles. The van der Waals surface area contributed by atoms with Gasteiger partial charge in [0.2, 0.25) is 17.2 Å². The molecule has 0 spiro atoms. The molecule has 4 aromatic carbocycles. The summed E-state index contributed by atoms with van der Waals surface area (Å²) < 4.78 is 58.9. The Morgan fingerprint density at radius 1 is 0.481 bits per heavy atom. The Hall–Kier alpha value is -6.77. The first-order valence-corrected chi connectivity index (χ1v) is 16.4. The molecular weight excluding hydrogens is 698 g/mol. The highest BCUT2D eigenvalue weighted by Crippen LogP contribution is 2.50. The zero-order valence-corrected chi connectivity index (χ0v) is 31.7. The van der Waals surface area contributed by atoms with Gasteiger partial charge >= 0.3 is 0 Å². The molecule has 0 radical (unpaired) electrons. The van der Waals surface area contributed by atoms with E-state index in [0.717, 1.165) is 5.69 Å². The van der Waals surface area contributed by atoms with Gasteiger partial charge in [-0.2, -0.15) is 0 Å². The third-order valence-corrected chi connectivity index (χ3v) is 8.71. The molecule has 6 aromatic rings. The van der Waals surface area contributed by atoms with Crippen molar-refractivity contribution in [2.75, 3.05) is 76.0 Å². The van der Waals surface area contributed by atoms with Crippen LogP contribution in [0.25, 0.3) is 28.2 Å². The number of ether oxygens (including phenoxy) is 10. The quantitative estimate of drug-likeness (QED) is 0.106. The normalized spacial score (nSPS) is 10.8. The average Bonchev–Trinajstić information content (AvgIpc) is 3.62. The SMILES string of the molecule is COc1ccc(-n2c(-c3cc(OC)c(OC)c(OC)c3)nc3c(N(c4cc(OC)c(OC)c(OC)c4)c4cc(OC)c(OC)c(OC)c4)ncnc32)cc1. The number of rotatable bonds is 15. The van der Waals surface area contributed by atoms with E-state index in [1.54, 1.807) is 95.4 Å². The number of imidazole rings is 1. The standard InChI is InChI=1S/C39H41N5O10/c1-45-26-13-11-23(12-14-26)44-37(22-15-27(46-2)34(52-8)28(16-22)47-3)42-33-38(40-21-41-39(33)44)43(24-17-29(48-4)35(53-9)30(18-24)49-5)25-19-31(50-6)36(54-10)32(20-25)51-7/h11-21H,1-10H3. The van der Waals surface area contributed by atoms with Gasteiger partial charge in [0.05, 0.1) is 82.5 Å². The maximum atomic E-state index is 5.78. The molecule has 15 nitrogen and oxygen atoms in total. The highest BCUT2D eigenvalue weighted by Gasteiger charge is 2.29. The van der Waals surface area contributed by atoms with Crippen LogP contribution in [0.2, 0.25) is 0 Å². The number of aromatic nitrogens is 4. The average molecular weight is 740 g/mol. The van der Waals surface area contributed by atoms with Crippen LogP contribution in [0.5, 0.6) is 57.5 Å². The van der Waals surface area contributed by atoms with Gasteiger partial charge in [0, 0.05) is 35.5 Å². The Kier molecular flexibility index (Phi) is 10.9. The molecule has 0 aliphatic heterocycles. The van der Waals surface area contributed by atoms with Crippen molar-refractivity contribution in [3.63, 3.8) is 0 Å². The van der Waals surface area contributed by atoms with Gasteiger partial charge in [-0.15, -0.1) is 0 Å². The lowest BCUT2D eigenvalue weighted by Crippen LogP contribution is -2.14. The molecule has 54 heavy (non-hydrogen) atoms. The van der Waals surface area contributed by atoms with Crippen LogP contribution in [0.4, 0.5) is 17.2 Å². The number of fused-ring (bicyclic) bond motifs is 1. The second-order valence-electron chi connectivity index (χ2n) is 11.4. The lowest BCUT2D eigenvalue weighted by Gasteiger charge is -2.27. The second kappa shape index (κ2) is 15.9. The molecule has 0 saturated heterocycles. The number of anilines is 3. The van der Waals surface area contributed by atoms with E-state index in [1.165, 1.54) is 6.33 Å². The van der Waals surface area contributed by atoms with Gasteiger partial charge in [-0.3, -0.25) is 9.47 Å². The fraction of sp³-hybridized carbons (Fsp3) is 0.256. The summed E-state index contributed by atoms with van der Waals surface area (Å²) in [5, 5.41) is 0. The van der Waals surface area contributed by atoms with Gasteiger partial charge in [-0.1, -0.05) is 0 Å². The number of methoxy groups -OCH3 is 10. The molecule has 2 aromatic heterocycles. The summed E-state index contributed by atoms with van der Waals surface area (Å²) in [5.74, 6) is 5.39. The Labute approximate surface area is 312 Å². The number of hydrogen-bond acceptors (Lipinski definition) is 14. The fourth-order valence-corrected chi connectivity index (χ4v) is 6.21. The summed E-state index contributed by atoms with van der Waals surface area (Å²) in [7, 11) is 15.6.